The van der Waals surface area contributed by atoms with Crippen LogP contribution in [0.2, 0.25) is 0 Å². The van der Waals surface area contributed by atoms with E-state index in [1.165, 1.54) is 18.2 Å². The van der Waals surface area contributed by atoms with Gasteiger partial charge in [-0.1, -0.05) is 12.8 Å². The van der Waals surface area contributed by atoms with Gasteiger partial charge < -0.3 is 10.8 Å². The lowest BCUT2D eigenvalue weighted by Crippen LogP contribution is -2.43. The van der Waals surface area contributed by atoms with Crippen molar-refractivity contribution < 1.29 is 13.5 Å². The van der Waals surface area contributed by atoms with Gasteiger partial charge in [-0.25, -0.2) is 13.1 Å². The molecule has 0 saturated heterocycles. The Bertz CT molecular complexity index is 575. The molecule has 2 rings (SSSR count). The van der Waals surface area contributed by atoms with Gasteiger partial charge in [-0.05, 0) is 37.3 Å². The maximum atomic E-state index is 12.4. The summed E-state index contributed by atoms with van der Waals surface area (Å²) in [7, 11) is -3.60. The molecule has 0 bridgehead atoms. The van der Waals surface area contributed by atoms with Gasteiger partial charge in [0.05, 0.1) is 10.6 Å². The molecule has 0 radical (unpaired) electrons. The third kappa shape index (κ3) is 3.39. The third-order valence-electron chi connectivity index (χ3n) is 3.62. The first-order valence-corrected chi connectivity index (χ1v) is 9.35. The number of sulfonamides is 1. The number of rotatable bonds is 4. The lowest BCUT2D eigenvalue weighted by atomic mass is 9.96. The Morgan fingerprint density at radius 1 is 1.35 bits per heavy atom. The van der Waals surface area contributed by atoms with Gasteiger partial charge >= 0.3 is 0 Å². The summed E-state index contributed by atoms with van der Waals surface area (Å²) < 4.78 is 27.5. The molecule has 5 nitrogen and oxygen atoms in total. The predicted octanol–water partition coefficient (Wildman–Crippen LogP) is 1.93. The van der Waals surface area contributed by atoms with Gasteiger partial charge in [-0.3, -0.25) is 0 Å². The van der Waals surface area contributed by atoms with Crippen molar-refractivity contribution in [3.05, 3.63) is 18.2 Å². The first-order valence-electron chi connectivity index (χ1n) is 6.57. The number of anilines is 1. The van der Waals surface area contributed by atoms with E-state index in [1.807, 2.05) is 6.26 Å². The average molecular weight is 316 g/mol. The van der Waals surface area contributed by atoms with Crippen LogP contribution < -0.4 is 10.5 Å². The zero-order chi connectivity index (χ0) is 14.8. The van der Waals surface area contributed by atoms with Crippen LogP contribution in [0.25, 0.3) is 0 Å². The summed E-state index contributed by atoms with van der Waals surface area (Å²) in [5, 5.41) is 9.68. The summed E-state index contributed by atoms with van der Waals surface area (Å²) >= 11 is 1.70. The number of aromatic hydroxyl groups is 1. The molecule has 112 valence electrons. The summed E-state index contributed by atoms with van der Waals surface area (Å²) in [5.41, 5.74) is 5.63. The normalized spacial score (nSPS) is 23.6. The highest BCUT2D eigenvalue weighted by Gasteiger charge is 2.29. The molecule has 0 amide bonds. The molecule has 1 fully saturated rings. The first kappa shape index (κ1) is 15.5. The van der Waals surface area contributed by atoms with E-state index >= 15 is 0 Å². The van der Waals surface area contributed by atoms with Crippen LogP contribution in [0.15, 0.2) is 23.1 Å². The van der Waals surface area contributed by atoms with Gasteiger partial charge in [-0.2, -0.15) is 11.8 Å². The molecule has 1 aliphatic rings. The van der Waals surface area contributed by atoms with Crippen molar-refractivity contribution in [2.45, 2.75) is 41.9 Å². The van der Waals surface area contributed by atoms with Gasteiger partial charge in [0.25, 0.3) is 0 Å². The fourth-order valence-corrected chi connectivity index (χ4v) is 4.85. The monoisotopic (exact) mass is 316 g/mol. The molecule has 0 aromatic heterocycles. The van der Waals surface area contributed by atoms with Crippen molar-refractivity contribution in [2.24, 2.45) is 0 Å². The van der Waals surface area contributed by atoms with Crippen LogP contribution in [0.3, 0.4) is 0 Å². The third-order valence-corrected chi connectivity index (χ3v) is 6.28. The Balaban J connectivity index is 2.19. The summed E-state index contributed by atoms with van der Waals surface area (Å²) in [6, 6.07) is 3.91. The summed E-state index contributed by atoms with van der Waals surface area (Å²) in [6.45, 7) is 0. The van der Waals surface area contributed by atoms with Crippen molar-refractivity contribution in [1.82, 2.24) is 4.72 Å². The summed E-state index contributed by atoms with van der Waals surface area (Å²) in [5.74, 6) is -0.108. The molecular weight excluding hydrogens is 296 g/mol. The predicted molar refractivity (Wildman–Crippen MR) is 82.4 cm³/mol. The van der Waals surface area contributed by atoms with E-state index in [0.717, 1.165) is 25.7 Å². The Hall–Kier alpha value is -0.920. The minimum Gasteiger partial charge on any atom is -0.506 e. The Morgan fingerprint density at radius 3 is 2.70 bits per heavy atom. The molecule has 0 heterocycles. The average Bonchev–Trinajstić information content (AvgIpc) is 2.42. The standard InChI is InChI=1S/C13H20N2O3S2/c1-19-13-5-3-2-4-11(13)15-20(17,18)9-6-7-12(16)10(14)8-9/h6-8,11,13,15-16H,2-5,14H2,1H3. The van der Waals surface area contributed by atoms with Crippen LogP contribution in [0.4, 0.5) is 5.69 Å². The molecule has 2 unspecified atom stereocenters. The smallest absolute Gasteiger partial charge is 0.240 e. The second-order valence-corrected chi connectivity index (χ2v) is 7.80. The maximum Gasteiger partial charge on any atom is 0.240 e. The van der Waals surface area contributed by atoms with E-state index in [-0.39, 0.29) is 22.4 Å². The van der Waals surface area contributed by atoms with E-state index in [2.05, 4.69) is 4.72 Å². The van der Waals surface area contributed by atoms with Crippen LogP contribution in [-0.4, -0.2) is 31.1 Å². The van der Waals surface area contributed by atoms with E-state index in [1.54, 1.807) is 11.8 Å². The van der Waals surface area contributed by atoms with E-state index in [0.29, 0.717) is 5.25 Å². The number of benzene rings is 1. The van der Waals surface area contributed by atoms with Crippen LogP contribution in [0.5, 0.6) is 5.75 Å². The largest absolute Gasteiger partial charge is 0.506 e. The Morgan fingerprint density at radius 2 is 2.05 bits per heavy atom. The number of nitrogens with one attached hydrogen (secondary N) is 1. The van der Waals surface area contributed by atoms with E-state index < -0.39 is 10.0 Å². The molecule has 0 spiro atoms. The number of hydrogen-bond acceptors (Lipinski definition) is 5. The van der Waals surface area contributed by atoms with Crippen molar-refractivity contribution in [1.29, 1.82) is 0 Å². The van der Waals surface area contributed by atoms with Crippen LogP contribution in [0.1, 0.15) is 25.7 Å². The SMILES string of the molecule is CSC1CCCCC1NS(=O)(=O)c1ccc(O)c(N)c1. The molecule has 7 heteroatoms. The van der Waals surface area contributed by atoms with Crippen LogP contribution in [0, 0.1) is 0 Å². The molecule has 20 heavy (non-hydrogen) atoms. The second kappa shape index (κ2) is 6.24. The quantitative estimate of drug-likeness (QED) is 0.583. The Kier molecular flexibility index (Phi) is 4.82. The molecule has 1 saturated carbocycles. The number of thioether (sulfide) groups is 1. The molecule has 1 aromatic rings. The number of phenolic OH excluding ortho intramolecular Hbond substituents is 1. The highest BCUT2D eigenvalue weighted by molar-refractivity contribution is 7.99. The van der Waals surface area contributed by atoms with Crippen molar-refractivity contribution in [3.8, 4) is 5.75 Å². The van der Waals surface area contributed by atoms with Gasteiger partial charge in [0.1, 0.15) is 5.75 Å². The molecule has 2 atom stereocenters. The maximum absolute atomic E-state index is 12.4. The van der Waals surface area contributed by atoms with Gasteiger partial charge in [-0.15, -0.1) is 0 Å². The molecule has 1 aromatic carbocycles. The number of phenols is 1. The first-order chi connectivity index (χ1) is 9.44. The summed E-state index contributed by atoms with van der Waals surface area (Å²) in [6.07, 6.45) is 6.10. The van der Waals surface area contributed by atoms with Gasteiger partial charge in [0.2, 0.25) is 10.0 Å². The molecule has 1 aliphatic carbocycles. The number of nitrogens with two attached hydrogens (primary N) is 1. The van der Waals surface area contributed by atoms with Crippen molar-refractivity contribution >= 4 is 27.5 Å². The minimum atomic E-state index is -3.60. The number of nitrogen functional groups attached to an aromatic ring is 1. The zero-order valence-electron chi connectivity index (χ0n) is 11.4. The molecule has 4 N–H and O–H groups in total. The van der Waals surface area contributed by atoms with Gasteiger partial charge in [0.15, 0.2) is 0 Å². The fourth-order valence-electron chi connectivity index (χ4n) is 2.48. The molecule has 0 aliphatic heterocycles. The highest BCUT2D eigenvalue weighted by atomic mass is 32.2. The fraction of sp³-hybridized carbons (Fsp3) is 0.538. The van der Waals surface area contributed by atoms with Gasteiger partial charge in [0, 0.05) is 11.3 Å². The van der Waals surface area contributed by atoms with Crippen molar-refractivity contribution in [3.63, 3.8) is 0 Å². The molecular formula is C13H20N2O3S2. The topological polar surface area (TPSA) is 92.4 Å². The van der Waals surface area contributed by atoms with Crippen molar-refractivity contribution in [2.75, 3.05) is 12.0 Å². The van der Waals surface area contributed by atoms with Crippen LogP contribution in [-0.2, 0) is 10.0 Å². The van der Waals surface area contributed by atoms with E-state index in [9.17, 15) is 13.5 Å². The second-order valence-electron chi connectivity index (χ2n) is 5.01. The van der Waals surface area contributed by atoms with Crippen LogP contribution >= 0.6 is 11.8 Å². The number of hydrogen-bond donors (Lipinski definition) is 3. The Labute approximate surface area is 124 Å². The lowest BCUT2D eigenvalue weighted by Gasteiger charge is -2.30. The van der Waals surface area contributed by atoms with E-state index in [4.69, 9.17) is 5.73 Å². The highest BCUT2D eigenvalue weighted by Crippen LogP contribution is 2.29. The zero-order valence-corrected chi connectivity index (χ0v) is 13.0. The minimum absolute atomic E-state index is 0.0428. The lowest BCUT2D eigenvalue weighted by molar-refractivity contribution is 0.423. The summed E-state index contributed by atoms with van der Waals surface area (Å²) in [4.78, 5) is 0.0956.